The smallest absolute Gasteiger partial charge is 0.227 e. The van der Waals surface area contributed by atoms with E-state index in [-0.39, 0.29) is 5.92 Å². The lowest BCUT2D eigenvalue weighted by molar-refractivity contribution is -0.138. The van der Waals surface area contributed by atoms with Crippen molar-refractivity contribution in [3.05, 3.63) is 22.4 Å². The molecule has 0 radical (unpaired) electrons. The Morgan fingerprint density at radius 3 is 2.87 bits per heavy atom. The van der Waals surface area contributed by atoms with Crippen LogP contribution in [0.3, 0.4) is 0 Å². The van der Waals surface area contributed by atoms with Gasteiger partial charge in [-0.1, -0.05) is 0 Å². The number of carbonyl (C=O) groups excluding carboxylic acids is 1. The van der Waals surface area contributed by atoms with E-state index in [0.717, 1.165) is 45.6 Å². The van der Waals surface area contributed by atoms with Gasteiger partial charge in [0.15, 0.2) is 0 Å². The van der Waals surface area contributed by atoms with Crippen molar-refractivity contribution in [3.63, 3.8) is 0 Å². The minimum atomic E-state index is 0.182. The summed E-state index contributed by atoms with van der Waals surface area (Å²) in [4.78, 5) is 15.4. The van der Waals surface area contributed by atoms with Gasteiger partial charge in [-0.3, -0.25) is 4.79 Å². The van der Waals surface area contributed by atoms with Gasteiger partial charge in [-0.25, -0.2) is 0 Å². The second kappa shape index (κ2) is 6.54. The quantitative estimate of drug-likeness (QED) is 0.888. The lowest BCUT2D eigenvalue weighted by Crippen LogP contribution is -2.45. The second-order valence-corrected chi connectivity index (χ2v) is 8.25. The molecule has 0 aromatic carbocycles. The van der Waals surface area contributed by atoms with Gasteiger partial charge in [0, 0.05) is 19.1 Å². The van der Waals surface area contributed by atoms with Crippen LogP contribution in [-0.4, -0.2) is 43.0 Å². The fraction of sp³-hybridized carbons (Fsp3) is 0.722. The van der Waals surface area contributed by atoms with Gasteiger partial charge in [-0.05, 0) is 79.5 Å². The molecule has 0 bridgehead atoms. The number of nitrogens with one attached hydrogen (secondary N) is 2. The number of carbonyl (C=O) groups is 1. The first kappa shape index (κ1) is 15.6. The van der Waals surface area contributed by atoms with Crippen LogP contribution >= 0.6 is 11.3 Å². The third-order valence-corrected chi connectivity index (χ3v) is 6.72. The zero-order chi connectivity index (χ0) is 15.7. The minimum Gasteiger partial charge on any atom is -0.334 e. The van der Waals surface area contributed by atoms with E-state index in [1.54, 1.807) is 11.3 Å². The minimum absolute atomic E-state index is 0.182. The fourth-order valence-electron chi connectivity index (χ4n) is 4.45. The number of amides is 1. The maximum Gasteiger partial charge on any atom is 0.227 e. The summed E-state index contributed by atoms with van der Waals surface area (Å²) in [6.07, 6.45) is 5.85. The number of piperidine rings is 2. The van der Waals surface area contributed by atoms with Crippen LogP contribution in [-0.2, 0) is 11.3 Å². The van der Waals surface area contributed by atoms with Crippen molar-refractivity contribution in [2.75, 3.05) is 26.2 Å². The van der Waals surface area contributed by atoms with Gasteiger partial charge < -0.3 is 15.5 Å². The Labute approximate surface area is 142 Å². The molecule has 3 fully saturated rings. The molecule has 126 valence electrons. The summed E-state index contributed by atoms with van der Waals surface area (Å²) in [5, 5.41) is 11.2. The van der Waals surface area contributed by atoms with Gasteiger partial charge in [-0.15, -0.1) is 0 Å². The summed E-state index contributed by atoms with van der Waals surface area (Å²) in [6.45, 7) is 4.95. The molecule has 2 atom stereocenters. The summed E-state index contributed by atoms with van der Waals surface area (Å²) >= 11 is 1.73. The molecule has 1 aromatic heterocycles. The van der Waals surface area contributed by atoms with Crippen LogP contribution in [0.1, 0.15) is 37.7 Å². The van der Waals surface area contributed by atoms with Crippen LogP contribution < -0.4 is 10.6 Å². The van der Waals surface area contributed by atoms with E-state index in [2.05, 4.69) is 32.4 Å². The van der Waals surface area contributed by atoms with E-state index in [9.17, 15) is 4.79 Å². The van der Waals surface area contributed by atoms with Crippen LogP contribution in [0.5, 0.6) is 0 Å². The third-order valence-electron chi connectivity index (χ3n) is 5.98. The Morgan fingerprint density at radius 2 is 2.17 bits per heavy atom. The summed E-state index contributed by atoms with van der Waals surface area (Å²) in [5.74, 6) is 0.575. The molecule has 3 aliphatic rings. The van der Waals surface area contributed by atoms with E-state index >= 15 is 0 Å². The van der Waals surface area contributed by atoms with E-state index < -0.39 is 0 Å². The average Bonchev–Trinajstić information content (AvgIpc) is 3.04. The number of thiophene rings is 1. The van der Waals surface area contributed by atoms with Crippen molar-refractivity contribution in [1.29, 1.82) is 0 Å². The molecule has 4 rings (SSSR count). The molecular weight excluding hydrogens is 306 g/mol. The van der Waals surface area contributed by atoms with E-state index in [0.29, 0.717) is 17.4 Å². The molecule has 2 saturated heterocycles. The third kappa shape index (κ3) is 3.19. The van der Waals surface area contributed by atoms with Crippen molar-refractivity contribution in [1.82, 2.24) is 15.5 Å². The zero-order valence-electron chi connectivity index (χ0n) is 13.7. The zero-order valence-corrected chi connectivity index (χ0v) is 14.5. The monoisotopic (exact) mass is 333 g/mol. The van der Waals surface area contributed by atoms with Gasteiger partial charge in [-0.2, -0.15) is 11.3 Å². The first-order valence-corrected chi connectivity index (χ1v) is 9.96. The van der Waals surface area contributed by atoms with Crippen LogP contribution in [0.4, 0.5) is 0 Å². The summed E-state index contributed by atoms with van der Waals surface area (Å²) < 4.78 is 0. The molecule has 0 unspecified atom stereocenters. The Hall–Kier alpha value is -0.910. The highest BCUT2D eigenvalue weighted by molar-refractivity contribution is 7.07. The van der Waals surface area contributed by atoms with Gasteiger partial charge in [0.25, 0.3) is 0 Å². The van der Waals surface area contributed by atoms with Crippen molar-refractivity contribution in [3.8, 4) is 0 Å². The lowest BCUT2D eigenvalue weighted by Gasteiger charge is -2.33. The number of nitrogens with zero attached hydrogens (tertiary/aromatic N) is 1. The van der Waals surface area contributed by atoms with Gasteiger partial charge in [0.1, 0.15) is 0 Å². The first-order valence-electron chi connectivity index (χ1n) is 9.01. The number of rotatable bonds is 4. The predicted octanol–water partition coefficient (Wildman–Crippen LogP) is 2.22. The maximum atomic E-state index is 13.2. The molecule has 1 spiro atoms. The molecule has 1 saturated carbocycles. The maximum absolute atomic E-state index is 13.2. The molecule has 5 heteroatoms. The van der Waals surface area contributed by atoms with Gasteiger partial charge in [0.05, 0.1) is 5.92 Å². The Morgan fingerprint density at radius 1 is 1.30 bits per heavy atom. The van der Waals surface area contributed by atoms with Crippen LogP contribution in [0.25, 0.3) is 0 Å². The topological polar surface area (TPSA) is 44.4 Å². The molecule has 1 aliphatic carbocycles. The molecule has 1 aromatic rings. The highest BCUT2D eigenvalue weighted by atomic mass is 32.1. The Bertz CT molecular complexity index is 532. The summed E-state index contributed by atoms with van der Waals surface area (Å²) in [7, 11) is 0. The molecule has 3 heterocycles. The summed E-state index contributed by atoms with van der Waals surface area (Å²) in [5.41, 5.74) is 1.71. The normalized spacial score (nSPS) is 29.4. The largest absolute Gasteiger partial charge is 0.334 e. The SMILES string of the molecule is O=C([C@H]1CCCNC1)N(Cc1ccsc1)[C@@H]1CC12CCNCC2. The predicted molar refractivity (Wildman–Crippen MR) is 93.4 cm³/mol. The summed E-state index contributed by atoms with van der Waals surface area (Å²) in [6, 6.07) is 2.64. The van der Waals surface area contributed by atoms with Gasteiger partial charge in [0.2, 0.25) is 5.91 Å². The molecule has 2 N–H and O–H groups in total. The van der Waals surface area contributed by atoms with E-state index in [4.69, 9.17) is 0 Å². The highest BCUT2D eigenvalue weighted by Crippen LogP contribution is 2.56. The molecular formula is C18H27N3OS. The second-order valence-electron chi connectivity index (χ2n) is 7.47. The number of hydrogen-bond acceptors (Lipinski definition) is 4. The van der Waals surface area contributed by atoms with Crippen molar-refractivity contribution >= 4 is 17.2 Å². The van der Waals surface area contributed by atoms with Crippen molar-refractivity contribution in [2.24, 2.45) is 11.3 Å². The Balaban J connectivity index is 1.50. The lowest BCUT2D eigenvalue weighted by atomic mass is 9.92. The molecule has 2 aliphatic heterocycles. The number of hydrogen-bond donors (Lipinski definition) is 2. The van der Waals surface area contributed by atoms with Crippen molar-refractivity contribution in [2.45, 2.75) is 44.7 Å². The van der Waals surface area contributed by atoms with Crippen molar-refractivity contribution < 1.29 is 4.79 Å². The molecule has 1 amide bonds. The average molecular weight is 334 g/mol. The molecule has 4 nitrogen and oxygen atoms in total. The standard InChI is InChI=1S/C18H27N3OS/c22-17(15-2-1-6-20-11-15)21(12-14-3-9-23-13-14)16-10-18(16)4-7-19-8-5-18/h3,9,13,15-16,19-20H,1-2,4-8,10-12H2/t15-,16+/m0/s1. The van der Waals surface area contributed by atoms with E-state index in [1.807, 2.05) is 0 Å². The Kier molecular flexibility index (Phi) is 4.43. The van der Waals surface area contributed by atoms with Crippen LogP contribution in [0.15, 0.2) is 16.8 Å². The molecule has 23 heavy (non-hydrogen) atoms. The first-order chi connectivity index (χ1) is 11.3. The van der Waals surface area contributed by atoms with E-state index in [1.165, 1.54) is 24.8 Å². The fourth-order valence-corrected chi connectivity index (χ4v) is 5.11. The van der Waals surface area contributed by atoms with Gasteiger partial charge >= 0.3 is 0 Å². The van der Waals surface area contributed by atoms with Crippen LogP contribution in [0, 0.1) is 11.3 Å². The highest BCUT2D eigenvalue weighted by Gasteiger charge is 2.58. The van der Waals surface area contributed by atoms with Crippen LogP contribution in [0.2, 0.25) is 0 Å².